The Morgan fingerprint density at radius 2 is 1.87 bits per heavy atom. The molecule has 0 radical (unpaired) electrons. The number of aromatic nitrogens is 3. The minimum Gasteiger partial charge on any atom is -0.475 e. The molecule has 3 N–H and O–H groups in total. The molecule has 122 valence electrons. The molecule has 3 heterocycles. The van der Waals surface area contributed by atoms with E-state index in [1.54, 1.807) is 0 Å². The van der Waals surface area contributed by atoms with Crippen LogP contribution in [-0.2, 0) is 0 Å². The van der Waals surface area contributed by atoms with Gasteiger partial charge in [-0.15, -0.1) is 11.8 Å². The fourth-order valence-corrected chi connectivity index (χ4v) is 3.26. The van der Waals surface area contributed by atoms with Gasteiger partial charge in [-0.25, -0.2) is 19.3 Å². The van der Waals surface area contributed by atoms with E-state index in [2.05, 4.69) is 15.0 Å². The van der Waals surface area contributed by atoms with Crippen LogP contribution in [0.2, 0.25) is 0 Å². The van der Waals surface area contributed by atoms with E-state index in [1.807, 2.05) is 0 Å². The molecule has 0 bridgehead atoms. The first kappa shape index (κ1) is 16.1. The van der Waals surface area contributed by atoms with Crippen LogP contribution in [-0.4, -0.2) is 59.8 Å². The predicted molar refractivity (Wildman–Crippen MR) is 80.1 cm³/mol. The van der Waals surface area contributed by atoms with Gasteiger partial charge in [-0.2, -0.15) is 0 Å². The van der Waals surface area contributed by atoms with E-state index in [9.17, 15) is 19.7 Å². The van der Waals surface area contributed by atoms with Gasteiger partial charge in [0.2, 0.25) is 0 Å². The number of pyridine rings is 1. The largest absolute Gasteiger partial charge is 0.475 e. The van der Waals surface area contributed by atoms with Gasteiger partial charge in [-0.3, -0.25) is 0 Å². The van der Waals surface area contributed by atoms with Crippen molar-refractivity contribution in [3.8, 4) is 17.0 Å². The van der Waals surface area contributed by atoms with Crippen molar-refractivity contribution in [2.75, 3.05) is 5.75 Å². The summed E-state index contributed by atoms with van der Waals surface area (Å²) in [5.74, 6) is -0.297. The minimum absolute atomic E-state index is 0.0882. The third-order valence-corrected chi connectivity index (χ3v) is 4.59. The SMILES string of the molecule is O[C@@H]1[C@@H](O)[C@H](Oc2cnc(-c3cncnc3)c(F)c2)SC[C@H]1O. The van der Waals surface area contributed by atoms with Crippen molar-refractivity contribution in [2.45, 2.75) is 23.7 Å². The van der Waals surface area contributed by atoms with Gasteiger partial charge in [0.1, 0.15) is 30.0 Å². The highest BCUT2D eigenvalue weighted by molar-refractivity contribution is 7.99. The molecule has 3 rings (SSSR count). The van der Waals surface area contributed by atoms with E-state index >= 15 is 0 Å². The lowest BCUT2D eigenvalue weighted by Gasteiger charge is -2.34. The maximum absolute atomic E-state index is 14.2. The number of thioether (sulfide) groups is 1. The number of hydrogen-bond acceptors (Lipinski definition) is 8. The molecule has 9 heteroatoms. The molecule has 2 aromatic rings. The summed E-state index contributed by atoms with van der Waals surface area (Å²) in [4.78, 5) is 11.6. The van der Waals surface area contributed by atoms with E-state index < -0.39 is 29.6 Å². The van der Waals surface area contributed by atoms with Crippen LogP contribution in [0.25, 0.3) is 11.3 Å². The summed E-state index contributed by atoms with van der Waals surface area (Å²) in [6.07, 6.45) is 1.92. The lowest BCUT2D eigenvalue weighted by atomic mass is 10.1. The number of ether oxygens (including phenoxy) is 1. The molecular weight excluding hydrogens is 325 g/mol. The molecule has 0 saturated carbocycles. The summed E-state index contributed by atoms with van der Waals surface area (Å²) in [5, 5.41) is 29.0. The van der Waals surface area contributed by atoms with Crippen molar-refractivity contribution in [1.82, 2.24) is 15.0 Å². The zero-order valence-corrected chi connectivity index (χ0v) is 12.6. The summed E-state index contributed by atoms with van der Waals surface area (Å²) in [6, 6.07) is 1.14. The lowest BCUT2D eigenvalue weighted by molar-refractivity contribution is -0.0786. The number of hydrogen-bond donors (Lipinski definition) is 3. The van der Waals surface area contributed by atoms with Crippen LogP contribution in [0.4, 0.5) is 4.39 Å². The average Bonchev–Trinajstić information content (AvgIpc) is 2.56. The Labute approximate surface area is 135 Å². The zero-order valence-electron chi connectivity index (χ0n) is 11.8. The molecule has 4 atom stereocenters. The smallest absolute Gasteiger partial charge is 0.173 e. The molecule has 1 aliphatic rings. The lowest BCUT2D eigenvalue weighted by Crippen LogP contribution is -2.50. The van der Waals surface area contributed by atoms with Gasteiger partial charge in [-0.1, -0.05) is 0 Å². The Hall–Kier alpha value is -1.81. The Morgan fingerprint density at radius 1 is 1.13 bits per heavy atom. The van der Waals surface area contributed by atoms with Crippen molar-refractivity contribution in [1.29, 1.82) is 0 Å². The average molecular weight is 339 g/mol. The molecule has 2 aromatic heterocycles. The first-order chi connectivity index (χ1) is 11.1. The van der Waals surface area contributed by atoms with Gasteiger partial charge in [0.05, 0.1) is 12.3 Å². The Bertz CT molecular complexity index is 678. The standard InChI is InChI=1S/C14H14FN3O4S/c15-9-1-8(4-18-11(9)7-2-16-6-17-3-7)22-14-13(21)12(20)10(19)5-23-14/h1-4,6,10,12-14,19-21H,5H2/t10-,12+,13-,14-/m1/s1. The topological polar surface area (TPSA) is 109 Å². The molecule has 1 aliphatic heterocycles. The summed E-state index contributed by atoms with van der Waals surface area (Å²) in [6.45, 7) is 0. The van der Waals surface area contributed by atoms with E-state index in [1.165, 1.54) is 24.9 Å². The normalized spacial score (nSPS) is 27.7. The maximum atomic E-state index is 14.2. The van der Waals surface area contributed by atoms with E-state index in [0.717, 1.165) is 17.8 Å². The number of rotatable bonds is 3. The first-order valence-corrected chi connectivity index (χ1v) is 7.84. The molecule has 0 spiro atoms. The van der Waals surface area contributed by atoms with Crippen LogP contribution in [0.15, 0.2) is 31.0 Å². The highest BCUT2D eigenvalue weighted by atomic mass is 32.2. The Morgan fingerprint density at radius 3 is 2.57 bits per heavy atom. The number of nitrogens with zero attached hydrogens (tertiary/aromatic N) is 3. The van der Waals surface area contributed by atoms with E-state index in [4.69, 9.17) is 4.74 Å². The molecule has 1 saturated heterocycles. The zero-order chi connectivity index (χ0) is 16.4. The number of aliphatic hydroxyl groups is 3. The summed E-state index contributed by atoms with van der Waals surface area (Å²) in [7, 11) is 0. The fraction of sp³-hybridized carbons (Fsp3) is 0.357. The quantitative estimate of drug-likeness (QED) is 0.728. The molecule has 7 nitrogen and oxygen atoms in total. The van der Waals surface area contributed by atoms with Gasteiger partial charge in [-0.05, 0) is 0 Å². The van der Waals surface area contributed by atoms with Crippen molar-refractivity contribution in [3.05, 3.63) is 36.8 Å². The summed E-state index contributed by atoms with van der Waals surface area (Å²) >= 11 is 1.13. The van der Waals surface area contributed by atoms with Crippen LogP contribution in [0.3, 0.4) is 0 Å². The first-order valence-electron chi connectivity index (χ1n) is 6.79. The molecule has 0 amide bonds. The molecule has 0 aromatic carbocycles. The predicted octanol–water partition coefficient (Wildman–Crippen LogP) is 0.212. The third-order valence-electron chi connectivity index (χ3n) is 3.36. The van der Waals surface area contributed by atoms with Crippen molar-refractivity contribution in [3.63, 3.8) is 0 Å². The Balaban J connectivity index is 1.76. The third kappa shape index (κ3) is 3.42. The van der Waals surface area contributed by atoms with Crippen LogP contribution >= 0.6 is 11.8 Å². The van der Waals surface area contributed by atoms with Crippen molar-refractivity contribution < 1.29 is 24.4 Å². The highest BCUT2D eigenvalue weighted by Crippen LogP contribution is 2.30. The molecule has 0 unspecified atom stereocenters. The van der Waals surface area contributed by atoms with Crippen LogP contribution in [0, 0.1) is 5.82 Å². The summed E-state index contributed by atoms with van der Waals surface area (Å²) < 4.78 is 19.6. The van der Waals surface area contributed by atoms with Crippen LogP contribution in [0.5, 0.6) is 5.75 Å². The number of halogens is 1. The summed E-state index contributed by atoms with van der Waals surface area (Å²) in [5.41, 5.74) is -0.298. The van der Waals surface area contributed by atoms with Crippen LogP contribution < -0.4 is 4.74 Å². The highest BCUT2D eigenvalue weighted by Gasteiger charge is 2.38. The second-order valence-corrected chi connectivity index (χ2v) is 6.13. The van der Waals surface area contributed by atoms with Crippen molar-refractivity contribution >= 4 is 11.8 Å². The molecule has 23 heavy (non-hydrogen) atoms. The van der Waals surface area contributed by atoms with Gasteiger partial charge in [0, 0.05) is 29.8 Å². The molecule has 0 aliphatic carbocycles. The monoisotopic (exact) mass is 339 g/mol. The van der Waals surface area contributed by atoms with Gasteiger partial charge in [0.25, 0.3) is 0 Å². The number of aliphatic hydroxyl groups excluding tert-OH is 3. The van der Waals surface area contributed by atoms with Gasteiger partial charge in [0.15, 0.2) is 11.3 Å². The molecule has 1 fully saturated rings. The van der Waals surface area contributed by atoms with Crippen LogP contribution in [0.1, 0.15) is 0 Å². The van der Waals surface area contributed by atoms with Gasteiger partial charge >= 0.3 is 0 Å². The maximum Gasteiger partial charge on any atom is 0.173 e. The second kappa shape index (κ2) is 6.75. The van der Waals surface area contributed by atoms with E-state index in [-0.39, 0.29) is 17.2 Å². The Kier molecular flexibility index (Phi) is 4.71. The fourth-order valence-electron chi connectivity index (χ4n) is 2.14. The molecular formula is C14H14FN3O4S. The van der Waals surface area contributed by atoms with Crippen molar-refractivity contribution in [2.24, 2.45) is 0 Å². The van der Waals surface area contributed by atoms with Gasteiger partial charge < -0.3 is 20.1 Å². The minimum atomic E-state index is -1.31. The van der Waals surface area contributed by atoms with E-state index in [0.29, 0.717) is 5.56 Å². The second-order valence-electron chi connectivity index (χ2n) is 5.00.